The summed E-state index contributed by atoms with van der Waals surface area (Å²) in [5, 5.41) is 2.69. The van der Waals surface area contributed by atoms with Crippen LogP contribution in [0.25, 0.3) is 0 Å². The van der Waals surface area contributed by atoms with Gasteiger partial charge in [0.15, 0.2) is 5.78 Å². The van der Waals surface area contributed by atoms with Gasteiger partial charge in [0, 0.05) is 24.3 Å². The Morgan fingerprint density at radius 1 is 0.963 bits per heavy atom. The maximum atomic E-state index is 13.0. The predicted octanol–water partition coefficient (Wildman–Crippen LogP) is 3.32. The van der Waals surface area contributed by atoms with Crippen molar-refractivity contribution in [1.82, 2.24) is 4.31 Å². The maximum Gasteiger partial charge on any atom is 0.257 e. The topological polar surface area (TPSA) is 83.5 Å². The third-order valence-electron chi connectivity index (χ3n) is 4.59. The molecule has 7 heteroatoms. The second-order valence-corrected chi connectivity index (χ2v) is 8.46. The molecule has 1 heterocycles. The zero-order valence-electron chi connectivity index (χ0n) is 15.1. The molecule has 0 aliphatic carbocycles. The Kier molecular flexibility index (Phi) is 5.72. The molecule has 2 aromatic rings. The van der Waals surface area contributed by atoms with Crippen LogP contribution < -0.4 is 5.32 Å². The molecule has 1 N–H and O–H groups in total. The van der Waals surface area contributed by atoms with Crippen LogP contribution >= 0.6 is 0 Å². The average Bonchev–Trinajstić information content (AvgIpc) is 2.69. The fraction of sp³-hybridized carbons (Fsp3) is 0.300. The van der Waals surface area contributed by atoms with E-state index in [9.17, 15) is 18.0 Å². The third-order valence-corrected chi connectivity index (χ3v) is 6.55. The van der Waals surface area contributed by atoms with Crippen LogP contribution in [-0.2, 0) is 10.0 Å². The number of nitrogens with one attached hydrogen (secondary N) is 1. The van der Waals surface area contributed by atoms with Crippen LogP contribution in [0.15, 0.2) is 53.4 Å². The molecule has 6 nitrogen and oxygen atoms in total. The molecule has 0 unspecified atom stereocenters. The summed E-state index contributed by atoms with van der Waals surface area (Å²) in [5.41, 5.74) is 1.01. The molecule has 0 saturated carbocycles. The highest BCUT2D eigenvalue weighted by molar-refractivity contribution is 7.89. The minimum absolute atomic E-state index is 0.00659. The van der Waals surface area contributed by atoms with E-state index in [1.54, 1.807) is 36.4 Å². The first-order valence-corrected chi connectivity index (χ1v) is 10.3. The number of Topliss-reactive ketones (excluding diaryl/α,β-unsaturated/α-hetero) is 1. The molecule has 2 aromatic carbocycles. The molecule has 142 valence electrons. The maximum absolute atomic E-state index is 13.0. The van der Waals surface area contributed by atoms with Crippen molar-refractivity contribution in [2.75, 3.05) is 18.4 Å². The largest absolute Gasteiger partial charge is 0.322 e. The lowest BCUT2D eigenvalue weighted by Gasteiger charge is -2.26. The number of sulfonamides is 1. The minimum Gasteiger partial charge on any atom is -0.322 e. The number of hydrogen-bond donors (Lipinski definition) is 1. The molecule has 1 amide bonds. The number of piperidine rings is 1. The second-order valence-electron chi connectivity index (χ2n) is 6.55. The zero-order valence-corrected chi connectivity index (χ0v) is 16.0. The first-order valence-electron chi connectivity index (χ1n) is 8.91. The first-order chi connectivity index (χ1) is 12.9. The van der Waals surface area contributed by atoms with Gasteiger partial charge in [0.2, 0.25) is 10.0 Å². The number of benzene rings is 2. The molecule has 0 bridgehead atoms. The minimum atomic E-state index is -3.73. The lowest BCUT2D eigenvalue weighted by molar-refractivity contribution is 0.101. The standard InChI is InChI=1S/C20H22N2O4S/c1-15(23)16-8-7-9-17(14-16)21-20(24)18-10-3-4-11-19(18)27(25,26)22-12-5-2-6-13-22/h3-4,7-11,14H,2,5-6,12-13H2,1H3,(H,21,24). The Hall–Kier alpha value is -2.51. The lowest BCUT2D eigenvalue weighted by Crippen LogP contribution is -2.36. The summed E-state index contributed by atoms with van der Waals surface area (Å²) in [4.78, 5) is 24.3. The van der Waals surface area contributed by atoms with Gasteiger partial charge in [0.05, 0.1) is 10.5 Å². The van der Waals surface area contributed by atoms with Crippen molar-refractivity contribution >= 4 is 27.4 Å². The summed E-state index contributed by atoms with van der Waals surface area (Å²) >= 11 is 0. The molecule has 0 aromatic heterocycles. The number of hydrogen-bond acceptors (Lipinski definition) is 4. The highest BCUT2D eigenvalue weighted by Gasteiger charge is 2.29. The fourth-order valence-corrected chi connectivity index (χ4v) is 4.84. The van der Waals surface area contributed by atoms with Crippen LogP contribution in [0, 0.1) is 0 Å². The molecule has 1 saturated heterocycles. The molecular weight excluding hydrogens is 364 g/mol. The normalized spacial score (nSPS) is 15.3. The summed E-state index contributed by atoms with van der Waals surface area (Å²) in [5.74, 6) is -0.633. The van der Waals surface area contributed by atoms with Gasteiger partial charge in [-0.1, -0.05) is 30.7 Å². The van der Waals surface area contributed by atoms with Crippen molar-refractivity contribution in [1.29, 1.82) is 0 Å². The van der Waals surface area contributed by atoms with E-state index >= 15 is 0 Å². The van der Waals surface area contributed by atoms with Crippen molar-refractivity contribution in [3.8, 4) is 0 Å². The predicted molar refractivity (Wildman–Crippen MR) is 103 cm³/mol. The van der Waals surface area contributed by atoms with E-state index in [1.807, 2.05) is 0 Å². The monoisotopic (exact) mass is 386 g/mol. The summed E-state index contributed by atoms with van der Waals surface area (Å²) in [6.07, 6.45) is 2.66. The second kappa shape index (κ2) is 8.02. The Balaban J connectivity index is 1.90. The summed E-state index contributed by atoms with van der Waals surface area (Å²) in [6, 6.07) is 12.8. The number of nitrogens with zero attached hydrogens (tertiary/aromatic N) is 1. The zero-order chi connectivity index (χ0) is 19.4. The van der Waals surface area contributed by atoms with E-state index in [0.717, 1.165) is 19.3 Å². The molecule has 0 atom stereocenters. The number of amides is 1. The number of ketones is 1. The highest BCUT2D eigenvalue weighted by Crippen LogP contribution is 2.24. The van der Waals surface area contributed by atoms with E-state index in [-0.39, 0.29) is 16.2 Å². The van der Waals surface area contributed by atoms with Crippen LogP contribution in [0.1, 0.15) is 46.9 Å². The summed E-state index contributed by atoms with van der Waals surface area (Å²) < 4.78 is 27.5. The van der Waals surface area contributed by atoms with E-state index in [4.69, 9.17) is 0 Å². The number of rotatable bonds is 5. The van der Waals surface area contributed by atoms with Crippen molar-refractivity contribution in [3.63, 3.8) is 0 Å². The van der Waals surface area contributed by atoms with Crippen LogP contribution in [0.5, 0.6) is 0 Å². The van der Waals surface area contributed by atoms with Gasteiger partial charge in [0.25, 0.3) is 5.91 Å². The molecule has 3 rings (SSSR count). The van der Waals surface area contributed by atoms with Gasteiger partial charge in [-0.15, -0.1) is 0 Å². The van der Waals surface area contributed by atoms with E-state index in [0.29, 0.717) is 24.3 Å². The van der Waals surface area contributed by atoms with Gasteiger partial charge in [-0.2, -0.15) is 4.31 Å². The Bertz CT molecular complexity index is 963. The average molecular weight is 386 g/mol. The van der Waals surface area contributed by atoms with Gasteiger partial charge in [-0.25, -0.2) is 8.42 Å². The lowest BCUT2D eigenvalue weighted by atomic mass is 10.1. The molecule has 0 spiro atoms. The molecule has 1 aliphatic rings. The molecular formula is C20H22N2O4S. The van der Waals surface area contributed by atoms with Gasteiger partial charge in [0.1, 0.15) is 0 Å². The fourth-order valence-electron chi connectivity index (χ4n) is 3.14. The number of carbonyl (C=O) groups is 2. The smallest absolute Gasteiger partial charge is 0.257 e. The quantitative estimate of drug-likeness (QED) is 0.799. The van der Waals surface area contributed by atoms with Crippen molar-refractivity contribution in [2.24, 2.45) is 0 Å². The van der Waals surface area contributed by atoms with Gasteiger partial charge in [-0.3, -0.25) is 9.59 Å². The van der Waals surface area contributed by atoms with Crippen LogP contribution in [0.4, 0.5) is 5.69 Å². The summed E-state index contributed by atoms with van der Waals surface area (Å²) in [6.45, 7) is 2.39. The number of carbonyl (C=O) groups excluding carboxylic acids is 2. The van der Waals surface area contributed by atoms with Crippen LogP contribution in [0.2, 0.25) is 0 Å². The molecule has 1 aliphatic heterocycles. The van der Waals surface area contributed by atoms with E-state index in [2.05, 4.69) is 5.32 Å². The van der Waals surface area contributed by atoms with E-state index < -0.39 is 15.9 Å². The van der Waals surface area contributed by atoms with E-state index in [1.165, 1.54) is 23.4 Å². The Morgan fingerprint density at radius 3 is 2.37 bits per heavy atom. The number of anilines is 1. The third kappa shape index (κ3) is 4.26. The van der Waals surface area contributed by atoms with Gasteiger partial charge >= 0.3 is 0 Å². The van der Waals surface area contributed by atoms with Crippen LogP contribution in [0.3, 0.4) is 0 Å². The van der Waals surface area contributed by atoms with Crippen molar-refractivity contribution in [2.45, 2.75) is 31.1 Å². The SMILES string of the molecule is CC(=O)c1cccc(NC(=O)c2ccccc2S(=O)(=O)N2CCCCC2)c1. The molecule has 27 heavy (non-hydrogen) atoms. The van der Waals surface area contributed by atoms with Gasteiger partial charge < -0.3 is 5.32 Å². The Labute approximate surface area is 159 Å². The summed E-state index contributed by atoms with van der Waals surface area (Å²) in [7, 11) is -3.73. The Morgan fingerprint density at radius 2 is 1.67 bits per heavy atom. The van der Waals surface area contributed by atoms with Crippen LogP contribution in [-0.4, -0.2) is 37.5 Å². The first kappa shape index (κ1) is 19.3. The van der Waals surface area contributed by atoms with Crippen molar-refractivity contribution in [3.05, 3.63) is 59.7 Å². The van der Waals surface area contributed by atoms with Gasteiger partial charge in [-0.05, 0) is 44.0 Å². The molecule has 0 radical (unpaired) electrons. The van der Waals surface area contributed by atoms with Crippen molar-refractivity contribution < 1.29 is 18.0 Å². The highest BCUT2D eigenvalue weighted by atomic mass is 32.2. The molecule has 1 fully saturated rings.